The van der Waals surface area contributed by atoms with E-state index in [1.807, 2.05) is 0 Å². The summed E-state index contributed by atoms with van der Waals surface area (Å²) in [6, 6.07) is 3.34. The minimum absolute atomic E-state index is 0.319. The summed E-state index contributed by atoms with van der Waals surface area (Å²) >= 11 is 0. The van der Waals surface area contributed by atoms with E-state index in [-0.39, 0.29) is 5.82 Å². The number of anilines is 1. The lowest BCUT2D eigenvalue weighted by molar-refractivity contribution is 0.607. The maximum atomic E-state index is 13.3. The minimum atomic E-state index is -0.319. The molecule has 0 spiro atoms. The second-order valence-electron chi connectivity index (χ2n) is 3.22. The van der Waals surface area contributed by atoms with E-state index in [4.69, 9.17) is 5.73 Å². The first kappa shape index (κ1) is 9.58. The van der Waals surface area contributed by atoms with Crippen LogP contribution in [0.15, 0.2) is 36.9 Å². The highest BCUT2D eigenvalue weighted by Crippen LogP contribution is 2.16. The first-order valence-corrected chi connectivity index (χ1v) is 4.54. The second-order valence-corrected chi connectivity index (χ2v) is 3.22. The fourth-order valence-electron chi connectivity index (χ4n) is 1.34. The molecule has 4 heteroatoms. The molecule has 2 N–H and O–H groups in total. The van der Waals surface area contributed by atoms with Crippen molar-refractivity contribution in [2.45, 2.75) is 6.42 Å². The third-order valence-corrected chi connectivity index (χ3v) is 2.18. The van der Waals surface area contributed by atoms with Gasteiger partial charge in [0.1, 0.15) is 5.82 Å². The van der Waals surface area contributed by atoms with E-state index in [0.717, 1.165) is 5.56 Å². The summed E-state index contributed by atoms with van der Waals surface area (Å²) in [6.45, 7) is 0. The molecule has 0 saturated carbocycles. The first-order valence-electron chi connectivity index (χ1n) is 4.54. The van der Waals surface area contributed by atoms with Gasteiger partial charge < -0.3 is 5.73 Å². The molecule has 2 aromatic heterocycles. The molecule has 2 aromatic rings. The lowest BCUT2D eigenvalue weighted by Crippen LogP contribution is -1.98. The van der Waals surface area contributed by atoms with Crippen molar-refractivity contribution < 1.29 is 4.39 Å². The molecule has 0 unspecified atom stereocenters. The van der Waals surface area contributed by atoms with Crippen LogP contribution < -0.4 is 5.73 Å². The van der Waals surface area contributed by atoms with Crippen LogP contribution in [0.25, 0.3) is 0 Å². The average molecular weight is 203 g/mol. The topological polar surface area (TPSA) is 51.8 Å². The highest BCUT2D eigenvalue weighted by molar-refractivity contribution is 5.46. The Morgan fingerprint density at radius 1 is 1.07 bits per heavy atom. The van der Waals surface area contributed by atoms with E-state index >= 15 is 0 Å². The van der Waals surface area contributed by atoms with Gasteiger partial charge in [0.15, 0.2) is 0 Å². The number of nitrogen functional groups attached to an aromatic ring is 1. The normalized spacial score (nSPS) is 10.2. The molecule has 0 aromatic carbocycles. The molecule has 0 bridgehead atoms. The van der Waals surface area contributed by atoms with E-state index < -0.39 is 0 Å². The van der Waals surface area contributed by atoms with Crippen LogP contribution in [0.1, 0.15) is 11.1 Å². The Morgan fingerprint density at radius 3 is 2.53 bits per heavy atom. The number of rotatable bonds is 2. The number of halogens is 1. The lowest BCUT2D eigenvalue weighted by Gasteiger charge is -2.05. The third-order valence-electron chi connectivity index (χ3n) is 2.18. The fourth-order valence-corrected chi connectivity index (χ4v) is 1.34. The van der Waals surface area contributed by atoms with E-state index in [9.17, 15) is 4.39 Å². The van der Waals surface area contributed by atoms with Gasteiger partial charge in [-0.1, -0.05) is 0 Å². The zero-order chi connectivity index (χ0) is 10.7. The zero-order valence-corrected chi connectivity index (χ0v) is 8.02. The van der Waals surface area contributed by atoms with Crippen LogP contribution in [-0.2, 0) is 6.42 Å². The SMILES string of the molecule is Nc1ccncc1Cc1ccncc1F. The molecule has 0 radical (unpaired) electrons. The van der Waals surface area contributed by atoms with Crippen molar-refractivity contribution in [1.82, 2.24) is 9.97 Å². The minimum Gasteiger partial charge on any atom is -0.398 e. The Morgan fingerprint density at radius 2 is 1.80 bits per heavy atom. The predicted molar refractivity (Wildman–Crippen MR) is 55.7 cm³/mol. The Kier molecular flexibility index (Phi) is 2.58. The molecular weight excluding hydrogens is 193 g/mol. The van der Waals surface area contributed by atoms with Crippen molar-refractivity contribution in [2.75, 3.05) is 5.73 Å². The number of aromatic nitrogens is 2. The lowest BCUT2D eigenvalue weighted by atomic mass is 10.1. The van der Waals surface area contributed by atoms with Crippen LogP contribution in [0, 0.1) is 5.82 Å². The van der Waals surface area contributed by atoms with Gasteiger partial charge in [-0.15, -0.1) is 0 Å². The summed E-state index contributed by atoms with van der Waals surface area (Å²) in [5.74, 6) is -0.319. The smallest absolute Gasteiger partial charge is 0.145 e. The van der Waals surface area contributed by atoms with Gasteiger partial charge in [-0.25, -0.2) is 4.39 Å². The Hall–Kier alpha value is -1.97. The van der Waals surface area contributed by atoms with Crippen LogP contribution >= 0.6 is 0 Å². The van der Waals surface area contributed by atoms with Gasteiger partial charge in [-0.3, -0.25) is 9.97 Å². The van der Waals surface area contributed by atoms with Crippen molar-refractivity contribution in [1.29, 1.82) is 0 Å². The van der Waals surface area contributed by atoms with Gasteiger partial charge in [0.05, 0.1) is 6.20 Å². The molecule has 15 heavy (non-hydrogen) atoms. The number of nitrogens with zero attached hydrogens (tertiary/aromatic N) is 2. The summed E-state index contributed by atoms with van der Waals surface area (Å²) in [6.07, 6.45) is 6.46. The van der Waals surface area contributed by atoms with Gasteiger partial charge in [0, 0.05) is 30.7 Å². The number of hydrogen-bond donors (Lipinski definition) is 1. The molecular formula is C11H10FN3. The highest BCUT2D eigenvalue weighted by atomic mass is 19.1. The number of pyridine rings is 2. The molecule has 3 nitrogen and oxygen atoms in total. The van der Waals surface area contributed by atoms with E-state index in [1.165, 1.54) is 6.20 Å². The first-order chi connectivity index (χ1) is 7.27. The summed E-state index contributed by atoms with van der Waals surface area (Å²) in [7, 11) is 0. The van der Waals surface area contributed by atoms with Gasteiger partial charge in [0.2, 0.25) is 0 Å². The summed E-state index contributed by atoms with van der Waals surface area (Å²) in [5, 5.41) is 0. The van der Waals surface area contributed by atoms with Crippen molar-refractivity contribution in [3.05, 3.63) is 53.9 Å². The van der Waals surface area contributed by atoms with Gasteiger partial charge >= 0.3 is 0 Å². The van der Waals surface area contributed by atoms with Crippen LogP contribution in [-0.4, -0.2) is 9.97 Å². The highest BCUT2D eigenvalue weighted by Gasteiger charge is 2.05. The van der Waals surface area contributed by atoms with E-state index in [0.29, 0.717) is 17.7 Å². The molecule has 0 aliphatic heterocycles. The fraction of sp³-hybridized carbons (Fsp3) is 0.0909. The Labute approximate surface area is 86.8 Å². The molecule has 0 fully saturated rings. The monoisotopic (exact) mass is 203 g/mol. The molecule has 0 aliphatic carbocycles. The van der Waals surface area contributed by atoms with Crippen molar-refractivity contribution >= 4 is 5.69 Å². The maximum absolute atomic E-state index is 13.3. The quantitative estimate of drug-likeness (QED) is 0.809. The van der Waals surface area contributed by atoms with E-state index in [1.54, 1.807) is 30.7 Å². The predicted octanol–water partition coefficient (Wildman–Crippen LogP) is 1.79. The van der Waals surface area contributed by atoms with Crippen molar-refractivity contribution in [3.63, 3.8) is 0 Å². The van der Waals surface area contributed by atoms with Gasteiger partial charge in [-0.2, -0.15) is 0 Å². The van der Waals surface area contributed by atoms with Crippen molar-refractivity contribution in [2.24, 2.45) is 0 Å². The van der Waals surface area contributed by atoms with Gasteiger partial charge in [0.25, 0.3) is 0 Å². The molecule has 0 aliphatic rings. The number of nitrogens with two attached hydrogens (primary N) is 1. The largest absolute Gasteiger partial charge is 0.398 e. The maximum Gasteiger partial charge on any atom is 0.145 e. The molecule has 0 atom stereocenters. The molecule has 0 saturated heterocycles. The van der Waals surface area contributed by atoms with Crippen LogP contribution in [0.3, 0.4) is 0 Å². The molecule has 76 valence electrons. The van der Waals surface area contributed by atoms with Crippen LogP contribution in [0.5, 0.6) is 0 Å². The van der Waals surface area contributed by atoms with Crippen LogP contribution in [0.2, 0.25) is 0 Å². The van der Waals surface area contributed by atoms with Crippen LogP contribution in [0.4, 0.5) is 10.1 Å². The summed E-state index contributed by atoms with van der Waals surface area (Å²) in [5.41, 5.74) is 7.76. The molecule has 0 amide bonds. The summed E-state index contributed by atoms with van der Waals surface area (Å²) in [4.78, 5) is 7.64. The Bertz CT molecular complexity index is 427. The second kappa shape index (κ2) is 4.04. The number of hydrogen-bond acceptors (Lipinski definition) is 3. The summed E-state index contributed by atoms with van der Waals surface area (Å²) < 4.78 is 13.3. The van der Waals surface area contributed by atoms with Gasteiger partial charge in [-0.05, 0) is 23.3 Å². The molecule has 2 heterocycles. The average Bonchev–Trinajstić information content (AvgIpc) is 2.24. The zero-order valence-electron chi connectivity index (χ0n) is 8.02. The standard InChI is InChI=1S/C11H10FN3/c12-10-7-15-3-1-8(10)5-9-6-14-4-2-11(9)13/h1-4,6-7H,5H2,(H2,13,14). The Balaban J connectivity index is 2.30. The molecule has 2 rings (SSSR count). The van der Waals surface area contributed by atoms with E-state index in [2.05, 4.69) is 9.97 Å². The van der Waals surface area contributed by atoms with Crippen molar-refractivity contribution in [3.8, 4) is 0 Å². The third kappa shape index (κ3) is 2.10.